The van der Waals surface area contributed by atoms with Gasteiger partial charge in [0.2, 0.25) is 0 Å². The summed E-state index contributed by atoms with van der Waals surface area (Å²) in [5.74, 6) is 0.822. The second kappa shape index (κ2) is 15.0. The summed E-state index contributed by atoms with van der Waals surface area (Å²) in [6, 6.07) is 8.39. The molecule has 0 aromatic heterocycles. The van der Waals surface area contributed by atoms with Gasteiger partial charge < -0.3 is 10.2 Å². The molecule has 0 amide bonds. The third kappa shape index (κ3) is 7.88. The van der Waals surface area contributed by atoms with Crippen LogP contribution in [0.3, 0.4) is 0 Å². The van der Waals surface area contributed by atoms with Gasteiger partial charge in [-0.05, 0) is 141 Å². The molecule has 188 valence electrons. The van der Waals surface area contributed by atoms with E-state index in [9.17, 15) is 10.2 Å². The van der Waals surface area contributed by atoms with Gasteiger partial charge >= 0.3 is 0 Å². The molecule has 0 radical (unpaired) electrons. The fourth-order valence-corrected chi connectivity index (χ4v) is 5.30. The van der Waals surface area contributed by atoms with Gasteiger partial charge in [-0.25, -0.2) is 0 Å². The van der Waals surface area contributed by atoms with Crippen LogP contribution in [0.25, 0.3) is 5.57 Å². The third-order valence-corrected chi connectivity index (χ3v) is 7.33. The molecule has 2 aromatic rings. The van der Waals surface area contributed by atoms with Crippen molar-refractivity contribution in [2.45, 2.75) is 105 Å². The SMILES string of the molecule is CCCCc1cc(C(=C(Br)Br)c2cc(CCCC)c(O)cc2CCCC)c(CCCC)cc1O. The molecule has 0 saturated heterocycles. The van der Waals surface area contributed by atoms with E-state index < -0.39 is 0 Å². The number of phenols is 2. The summed E-state index contributed by atoms with van der Waals surface area (Å²) in [6.07, 6.45) is 12.3. The summed E-state index contributed by atoms with van der Waals surface area (Å²) in [5.41, 5.74) is 7.84. The average Bonchev–Trinajstić information content (AvgIpc) is 2.81. The first-order valence-electron chi connectivity index (χ1n) is 13.1. The largest absolute Gasteiger partial charge is 0.508 e. The maximum absolute atomic E-state index is 10.8. The minimum Gasteiger partial charge on any atom is -0.508 e. The fourth-order valence-electron chi connectivity index (χ4n) is 4.45. The summed E-state index contributed by atoms with van der Waals surface area (Å²) >= 11 is 7.56. The van der Waals surface area contributed by atoms with E-state index in [4.69, 9.17) is 0 Å². The van der Waals surface area contributed by atoms with Crippen molar-refractivity contribution in [1.29, 1.82) is 0 Å². The molecule has 2 aromatic carbocycles. The van der Waals surface area contributed by atoms with Crippen LogP contribution in [0.1, 0.15) is 112 Å². The molecule has 0 saturated carbocycles. The van der Waals surface area contributed by atoms with Gasteiger partial charge in [0.1, 0.15) is 11.5 Å². The van der Waals surface area contributed by atoms with Crippen molar-refractivity contribution in [3.05, 3.63) is 61.0 Å². The minimum atomic E-state index is 0.411. The number of benzene rings is 2. The lowest BCUT2D eigenvalue weighted by atomic mass is 9.85. The number of phenolic OH excluding ortho intramolecular Hbond substituents is 2. The molecule has 0 bridgehead atoms. The average molecular weight is 594 g/mol. The molecule has 2 nitrogen and oxygen atoms in total. The first kappa shape index (κ1) is 29.0. The van der Waals surface area contributed by atoms with Gasteiger partial charge in [-0.2, -0.15) is 0 Å². The van der Waals surface area contributed by atoms with Crippen LogP contribution < -0.4 is 0 Å². The van der Waals surface area contributed by atoms with Gasteiger partial charge in [0, 0.05) is 5.57 Å². The predicted octanol–water partition coefficient (Wildman–Crippen LogP) is 9.97. The van der Waals surface area contributed by atoms with E-state index in [0.717, 1.165) is 97.1 Å². The summed E-state index contributed by atoms with van der Waals surface area (Å²) in [6.45, 7) is 8.77. The highest BCUT2D eigenvalue weighted by Gasteiger charge is 2.21. The van der Waals surface area contributed by atoms with Crippen molar-refractivity contribution >= 4 is 37.4 Å². The van der Waals surface area contributed by atoms with Gasteiger partial charge in [0.15, 0.2) is 0 Å². The Morgan fingerprint density at radius 3 is 1.18 bits per heavy atom. The van der Waals surface area contributed by atoms with Crippen LogP contribution in [0.15, 0.2) is 27.7 Å². The second-order valence-electron chi connectivity index (χ2n) is 9.33. The predicted molar refractivity (Wildman–Crippen MR) is 155 cm³/mol. The Bertz CT molecular complexity index is 887. The molecule has 34 heavy (non-hydrogen) atoms. The molecule has 4 heteroatoms. The van der Waals surface area contributed by atoms with Crippen molar-refractivity contribution in [3.63, 3.8) is 0 Å². The summed E-state index contributed by atoms with van der Waals surface area (Å²) in [5, 5.41) is 21.6. The molecule has 0 unspecified atom stereocenters. The van der Waals surface area contributed by atoms with Crippen LogP contribution in [0, 0.1) is 0 Å². The van der Waals surface area contributed by atoms with Crippen molar-refractivity contribution in [1.82, 2.24) is 0 Å². The molecule has 0 fully saturated rings. The van der Waals surface area contributed by atoms with E-state index in [1.165, 1.54) is 22.3 Å². The monoisotopic (exact) mass is 592 g/mol. The quantitative estimate of drug-likeness (QED) is 0.229. The highest BCUT2D eigenvalue weighted by atomic mass is 79.9. The highest BCUT2D eigenvalue weighted by Crippen LogP contribution is 2.41. The summed E-state index contributed by atoms with van der Waals surface area (Å²) < 4.78 is 0.912. The molecule has 0 spiro atoms. The van der Waals surface area contributed by atoms with E-state index in [1.54, 1.807) is 0 Å². The van der Waals surface area contributed by atoms with Crippen LogP contribution in [-0.2, 0) is 25.7 Å². The second-order valence-corrected chi connectivity index (χ2v) is 12.0. The first-order chi connectivity index (χ1) is 16.4. The molecule has 2 N–H and O–H groups in total. The maximum atomic E-state index is 10.8. The van der Waals surface area contributed by atoms with Gasteiger partial charge in [0.05, 0.1) is 3.39 Å². The van der Waals surface area contributed by atoms with Crippen LogP contribution in [0.2, 0.25) is 0 Å². The Hall–Kier alpha value is -1.26. The standard InChI is InChI=1S/C30H42Br2O2/c1-5-9-13-21-19-27(33)23(15-11-7-3)17-25(21)29(30(31)32)26-18-24(16-12-8-4)28(34)20-22(26)14-10-6-2/h17-20,33-34H,5-16H2,1-4H3. The van der Waals surface area contributed by atoms with Gasteiger partial charge in [-0.15, -0.1) is 0 Å². The molecule has 0 atom stereocenters. The van der Waals surface area contributed by atoms with Crippen LogP contribution in [-0.4, -0.2) is 10.2 Å². The number of rotatable bonds is 14. The highest BCUT2D eigenvalue weighted by molar-refractivity contribution is 9.28. The van der Waals surface area contributed by atoms with E-state index in [1.807, 2.05) is 12.1 Å². The molecule has 2 rings (SSSR count). The van der Waals surface area contributed by atoms with Gasteiger partial charge in [0.25, 0.3) is 0 Å². The Morgan fingerprint density at radius 2 is 0.882 bits per heavy atom. The van der Waals surface area contributed by atoms with Crippen molar-refractivity contribution in [2.24, 2.45) is 0 Å². The smallest absolute Gasteiger partial charge is 0.119 e. The molecular formula is C30H42Br2O2. The van der Waals surface area contributed by atoms with Gasteiger partial charge in [-0.3, -0.25) is 0 Å². The molecule has 0 aliphatic rings. The van der Waals surface area contributed by atoms with Crippen molar-refractivity contribution in [3.8, 4) is 11.5 Å². The zero-order valence-corrected chi connectivity index (χ0v) is 24.6. The lowest BCUT2D eigenvalue weighted by Gasteiger charge is -2.21. The van der Waals surface area contributed by atoms with E-state index >= 15 is 0 Å². The van der Waals surface area contributed by atoms with E-state index in [0.29, 0.717) is 11.5 Å². The van der Waals surface area contributed by atoms with E-state index in [-0.39, 0.29) is 0 Å². The molecule has 0 heterocycles. The Morgan fingerprint density at radius 1 is 0.559 bits per heavy atom. The molecule has 0 aliphatic heterocycles. The van der Waals surface area contributed by atoms with E-state index in [2.05, 4.69) is 71.7 Å². The third-order valence-electron chi connectivity index (χ3n) is 6.54. The van der Waals surface area contributed by atoms with Gasteiger partial charge in [-0.1, -0.05) is 53.4 Å². The van der Waals surface area contributed by atoms with Crippen molar-refractivity contribution < 1.29 is 10.2 Å². The fraction of sp³-hybridized carbons (Fsp3) is 0.533. The summed E-state index contributed by atoms with van der Waals surface area (Å²) in [4.78, 5) is 0. The number of aromatic hydroxyl groups is 2. The number of hydrogen-bond acceptors (Lipinski definition) is 2. The number of halogens is 2. The Labute approximate surface area is 224 Å². The molecule has 0 aliphatic carbocycles. The number of aryl methyl sites for hydroxylation is 4. The molecular weight excluding hydrogens is 552 g/mol. The zero-order valence-electron chi connectivity index (χ0n) is 21.4. The normalized spacial score (nSPS) is 11.1. The Balaban J connectivity index is 2.76. The topological polar surface area (TPSA) is 40.5 Å². The summed E-state index contributed by atoms with van der Waals surface area (Å²) in [7, 11) is 0. The van der Waals surface area contributed by atoms with Crippen LogP contribution in [0.4, 0.5) is 0 Å². The zero-order chi connectivity index (χ0) is 25.1. The number of hydrogen-bond donors (Lipinski definition) is 2. The van der Waals surface area contributed by atoms with Crippen LogP contribution >= 0.6 is 31.9 Å². The lowest BCUT2D eigenvalue weighted by molar-refractivity contribution is 0.465. The Kier molecular flexibility index (Phi) is 12.8. The minimum absolute atomic E-state index is 0.411. The first-order valence-corrected chi connectivity index (χ1v) is 14.7. The van der Waals surface area contributed by atoms with Crippen LogP contribution in [0.5, 0.6) is 11.5 Å². The maximum Gasteiger partial charge on any atom is 0.119 e. The van der Waals surface area contributed by atoms with Crippen molar-refractivity contribution in [2.75, 3.05) is 0 Å². The number of unbranched alkanes of at least 4 members (excludes halogenated alkanes) is 4. The lowest BCUT2D eigenvalue weighted by Crippen LogP contribution is -2.04.